The Morgan fingerprint density at radius 3 is 1.81 bits per heavy atom. The number of hydroxylamine groups is 1. The van der Waals surface area contributed by atoms with E-state index in [4.69, 9.17) is 28.0 Å². The third kappa shape index (κ3) is 3.37. The van der Waals surface area contributed by atoms with Crippen molar-refractivity contribution in [2.75, 3.05) is 9.96 Å². The van der Waals surface area contributed by atoms with Gasteiger partial charge in [-0.25, -0.2) is 9.96 Å². The fraction of sp³-hybridized carbons (Fsp3) is 0.135. The first kappa shape index (κ1) is 28.2. The van der Waals surface area contributed by atoms with Crippen molar-refractivity contribution in [3.05, 3.63) is 169 Å². The summed E-state index contributed by atoms with van der Waals surface area (Å²) in [5.74, 6) is -2.29. The molecular weight excluding hydrogens is 637 g/mol. The molecule has 2 bridgehead atoms. The van der Waals surface area contributed by atoms with E-state index in [1.165, 1.54) is 29.2 Å². The minimum atomic E-state index is -1.75. The Labute approximate surface area is 278 Å². The molecule has 8 nitrogen and oxygen atoms in total. The van der Waals surface area contributed by atoms with Crippen molar-refractivity contribution in [1.29, 1.82) is 0 Å². The van der Waals surface area contributed by atoms with E-state index >= 15 is 9.59 Å². The van der Waals surface area contributed by atoms with E-state index in [1.54, 1.807) is 23.3 Å². The first-order chi connectivity index (χ1) is 22.8. The van der Waals surface area contributed by atoms with Crippen LogP contribution in [0.1, 0.15) is 45.7 Å². The van der Waals surface area contributed by atoms with Gasteiger partial charge in [0.1, 0.15) is 11.5 Å². The maximum absolute atomic E-state index is 15.7. The molecule has 0 saturated carbocycles. The number of nitrogens with zero attached hydrogens (tertiary/aromatic N) is 3. The Kier molecular flexibility index (Phi) is 5.85. The number of hydrogen-bond donors (Lipinski definition) is 0. The Hall–Kier alpha value is -5.02. The summed E-state index contributed by atoms with van der Waals surface area (Å²) in [6.45, 7) is 0. The number of anilines is 2. The van der Waals surface area contributed by atoms with Crippen LogP contribution in [0.15, 0.2) is 121 Å². The average molecular weight is 661 g/mol. The zero-order valence-electron chi connectivity index (χ0n) is 24.4. The van der Waals surface area contributed by atoms with Crippen LogP contribution in [-0.2, 0) is 14.4 Å². The van der Waals surface area contributed by atoms with Crippen molar-refractivity contribution in [3.8, 4) is 0 Å². The van der Waals surface area contributed by atoms with Gasteiger partial charge in [0, 0.05) is 28.1 Å². The molecule has 3 atom stereocenters. The van der Waals surface area contributed by atoms with Gasteiger partial charge in [0.05, 0.1) is 22.2 Å². The Morgan fingerprint density at radius 2 is 1.23 bits per heavy atom. The molecule has 2 amide bonds. The highest BCUT2D eigenvalue weighted by Crippen LogP contribution is 2.78. The maximum Gasteiger partial charge on any atom is 0.271 e. The normalized spacial score (nSPS) is 26.6. The largest absolute Gasteiger partial charge is 0.273 e. The molecule has 2 fully saturated rings. The van der Waals surface area contributed by atoms with E-state index < -0.39 is 45.6 Å². The van der Waals surface area contributed by atoms with Crippen LogP contribution in [0.5, 0.6) is 0 Å². The lowest BCUT2D eigenvalue weighted by molar-refractivity contribution is -0.384. The molecule has 0 spiro atoms. The summed E-state index contributed by atoms with van der Waals surface area (Å²) in [5.41, 5.74) is 1.69. The molecule has 3 unspecified atom stereocenters. The van der Waals surface area contributed by atoms with E-state index in [9.17, 15) is 10.1 Å². The lowest BCUT2D eigenvalue weighted by Gasteiger charge is -2.55. The first-order valence-corrected chi connectivity index (χ1v) is 15.9. The minimum Gasteiger partial charge on any atom is -0.273 e. The molecule has 2 heterocycles. The number of para-hydroxylation sites is 1. The van der Waals surface area contributed by atoms with Gasteiger partial charge in [-0.05, 0) is 64.2 Å². The number of amides is 2. The van der Waals surface area contributed by atoms with Crippen molar-refractivity contribution in [2.45, 2.75) is 23.5 Å². The van der Waals surface area contributed by atoms with Crippen molar-refractivity contribution >= 4 is 52.1 Å². The topological polar surface area (TPSA) is 93.0 Å². The van der Waals surface area contributed by atoms with Gasteiger partial charge in [-0.3, -0.25) is 24.5 Å². The molecule has 5 aromatic carbocycles. The smallest absolute Gasteiger partial charge is 0.271 e. The number of hydrogen-bond acceptors (Lipinski definition) is 6. The molecule has 0 aromatic heterocycles. The summed E-state index contributed by atoms with van der Waals surface area (Å²) in [4.78, 5) is 50.5. The third-order valence-corrected chi connectivity index (χ3v) is 10.8. The first-order valence-electron chi connectivity index (χ1n) is 15.1. The quantitative estimate of drug-likeness (QED) is 0.110. The minimum absolute atomic E-state index is 0.154. The van der Waals surface area contributed by atoms with Crippen LogP contribution in [0.4, 0.5) is 17.1 Å². The summed E-state index contributed by atoms with van der Waals surface area (Å²) < 4.78 is 0. The highest BCUT2D eigenvalue weighted by Gasteiger charge is 2.88. The molecular formula is C37H23Cl2N3O5. The van der Waals surface area contributed by atoms with Crippen LogP contribution in [0.2, 0.25) is 10.0 Å². The van der Waals surface area contributed by atoms with Crippen molar-refractivity contribution in [3.63, 3.8) is 0 Å². The third-order valence-electron chi connectivity index (χ3n) is 10.3. The number of carbonyl (C=O) groups excluding carboxylic acids is 2. The van der Waals surface area contributed by atoms with Gasteiger partial charge < -0.3 is 0 Å². The summed E-state index contributed by atoms with van der Waals surface area (Å²) in [5, 5.41) is 14.0. The van der Waals surface area contributed by atoms with Crippen LogP contribution in [-0.4, -0.2) is 22.3 Å². The van der Waals surface area contributed by atoms with E-state index in [1.807, 2.05) is 78.9 Å². The molecule has 5 aromatic rings. The molecule has 230 valence electrons. The zero-order valence-corrected chi connectivity index (χ0v) is 25.9. The fourth-order valence-electron chi connectivity index (χ4n) is 8.68. The van der Waals surface area contributed by atoms with Crippen LogP contribution < -0.4 is 9.96 Å². The monoisotopic (exact) mass is 659 g/mol. The van der Waals surface area contributed by atoms with Gasteiger partial charge in [0.25, 0.3) is 11.6 Å². The van der Waals surface area contributed by atoms with Gasteiger partial charge in [0.2, 0.25) is 11.5 Å². The lowest BCUT2D eigenvalue weighted by Crippen LogP contribution is -2.63. The summed E-state index contributed by atoms with van der Waals surface area (Å²) in [6.07, 6.45) is 0. The Balaban J connectivity index is 1.41. The predicted molar refractivity (Wildman–Crippen MR) is 177 cm³/mol. The standard InChI is InChI=1S/C37H23Cl2N3O5/c38-21-14-19-29(30(39)20-21)33-36-31-25-10-4-6-12-27(25)32(28-13-7-5-11-26(28)31)37(36,47-41(33)23-8-2-1-3-9-23)35(44)40(34(36)43)22-15-17-24(18-16-22)42(45)46/h1-20,31-33H. The van der Waals surface area contributed by atoms with Crippen molar-refractivity contribution < 1.29 is 19.3 Å². The van der Waals surface area contributed by atoms with E-state index in [2.05, 4.69) is 0 Å². The number of carbonyl (C=O) groups is 2. The summed E-state index contributed by atoms with van der Waals surface area (Å²) in [6, 6.07) is 35.0. The van der Waals surface area contributed by atoms with Crippen LogP contribution >= 0.6 is 23.2 Å². The van der Waals surface area contributed by atoms with E-state index in [-0.39, 0.29) is 11.4 Å². The molecule has 2 aliphatic heterocycles. The number of non-ortho nitro benzene ring substituents is 1. The molecule has 0 N–H and O–H groups in total. The number of imide groups is 1. The molecule has 5 aliphatic rings. The molecule has 0 radical (unpaired) electrons. The van der Waals surface area contributed by atoms with Crippen LogP contribution in [0.25, 0.3) is 0 Å². The summed E-state index contributed by atoms with van der Waals surface area (Å²) in [7, 11) is 0. The molecule has 47 heavy (non-hydrogen) atoms. The number of halogens is 2. The fourth-order valence-corrected chi connectivity index (χ4v) is 9.20. The van der Waals surface area contributed by atoms with Crippen molar-refractivity contribution in [2.24, 2.45) is 5.41 Å². The van der Waals surface area contributed by atoms with E-state index in [0.29, 0.717) is 21.3 Å². The second-order valence-corrected chi connectivity index (χ2v) is 13.1. The number of rotatable bonds is 4. The highest BCUT2D eigenvalue weighted by molar-refractivity contribution is 6.35. The highest BCUT2D eigenvalue weighted by atomic mass is 35.5. The van der Waals surface area contributed by atoms with Gasteiger partial charge >= 0.3 is 0 Å². The second-order valence-electron chi connectivity index (χ2n) is 12.3. The van der Waals surface area contributed by atoms with Gasteiger partial charge in [-0.1, -0.05) is 96.0 Å². The maximum atomic E-state index is 15.7. The number of nitro groups is 1. The van der Waals surface area contributed by atoms with Crippen LogP contribution in [0, 0.1) is 15.5 Å². The number of nitro benzene ring substituents is 1. The van der Waals surface area contributed by atoms with Gasteiger partial charge in [-0.15, -0.1) is 0 Å². The molecule has 2 saturated heterocycles. The molecule has 10 rings (SSSR count). The zero-order chi connectivity index (χ0) is 32.2. The predicted octanol–water partition coefficient (Wildman–Crippen LogP) is 7.98. The molecule has 10 heteroatoms. The summed E-state index contributed by atoms with van der Waals surface area (Å²) >= 11 is 13.4. The van der Waals surface area contributed by atoms with Crippen molar-refractivity contribution in [1.82, 2.24) is 0 Å². The Morgan fingerprint density at radius 1 is 0.660 bits per heavy atom. The van der Waals surface area contributed by atoms with Crippen LogP contribution in [0.3, 0.4) is 0 Å². The number of benzene rings is 5. The average Bonchev–Trinajstić information content (AvgIpc) is 3.52. The second kappa shape index (κ2) is 9.75. The SMILES string of the molecule is O=C1N(c2ccc([N+](=O)[O-])cc2)C(=O)C23C4c5ccccc5C(c5ccccc54)C12ON(c1ccccc1)C3c1ccc(Cl)cc1Cl. The molecule has 3 aliphatic carbocycles. The Bertz CT molecular complexity index is 2130. The van der Waals surface area contributed by atoms with Gasteiger partial charge in [0.15, 0.2) is 0 Å². The van der Waals surface area contributed by atoms with E-state index in [0.717, 1.165) is 22.3 Å². The lowest BCUT2D eigenvalue weighted by atomic mass is 9.43. The van der Waals surface area contributed by atoms with Gasteiger partial charge in [-0.2, -0.15) is 0 Å².